The minimum absolute atomic E-state index is 0.124. The van der Waals surface area contributed by atoms with Crippen molar-refractivity contribution in [3.05, 3.63) is 36.4 Å². The monoisotopic (exact) mass is 233 g/mol. The quantitative estimate of drug-likeness (QED) is 0.405. The summed E-state index contributed by atoms with van der Waals surface area (Å²) in [6, 6.07) is 8.45. The highest BCUT2D eigenvalue weighted by Crippen LogP contribution is 2.38. The molecule has 0 heterocycles. The number of anilines is 2. The second kappa shape index (κ2) is 4.13. The highest BCUT2D eigenvalue weighted by Gasteiger charge is 2.09. The van der Waals surface area contributed by atoms with Crippen LogP contribution in [0.15, 0.2) is 36.4 Å². The Morgan fingerprint density at radius 1 is 0.765 bits per heavy atom. The molecule has 0 aliphatic heterocycles. The molecule has 5 nitrogen and oxygen atoms in total. The van der Waals surface area contributed by atoms with Crippen LogP contribution in [-0.4, -0.2) is 20.4 Å². The van der Waals surface area contributed by atoms with Gasteiger partial charge in [-0.05, 0) is 24.3 Å². The Morgan fingerprint density at radius 3 is 2.06 bits per heavy atom. The van der Waals surface area contributed by atoms with Gasteiger partial charge in [-0.1, -0.05) is 0 Å². The zero-order chi connectivity index (χ0) is 12.4. The number of hydrogen-bond acceptors (Lipinski definition) is 5. The molecule has 0 aliphatic carbocycles. The Morgan fingerprint density at radius 2 is 1.41 bits per heavy atom. The number of aromatic hydroxyl groups is 4. The van der Waals surface area contributed by atoms with E-state index in [0.29, 0.717) is 5.69 Å². The molecular weight excluding hydrogens is 222 g/mol. The maximum atomic E-state index is 9.56. The number of nitrogens with one attached hydrogen (secondary N) is 1. The van der Waals surface area contributed by atoms with Crippen LogP contribution in [0, 0.1) is 0 Å². The Hall–Kier alpha value is -2.56. The van der Waals surface area contributed by atoms with Gasteiger partial charge in [0.25, 0.3) is 0 Å². The van der Waals surface area contributed by atoms with Gasteiger partial charge in [-0.25, -0.2) is 0 Å². The maximum Gasteiger partial charge on any atom is 0.181 e. The van der Waals surface area contributed by atoms with Crippen LogP contribution in [0.4, 0.5) is 11.4 Å². The third-order valence-electron chi connectivity index (χ3n) is 2.22. The summed E-state index contributed by atoms with van der Waals surface area (Å²) in [6.45, 7) is 0. The number of phenolic OH excluding ortho intramolecular Hbond substituents is 4. The van der Waals surface area contributed by atoms with Crippen molar-refractivity contribution in [2.45, 2.75) is 0 Å². The molecule has 17 heavy (non-hydrogen) atoms. The van der Waals surface area contributed by atoms with Crippen molar-refractivity contribution in [1.29, 1.82) is 0 Å². The average Bonchev–Trinajstić information content (AvgIpc) is 2.28. The number of benzene rings is 2. The summed E-state index contributed by atoms with van der Waals surface area (Å²) in [6.07, 6.45) is 0. The second-order valence-electron chi connectivity index (χ2n) is 3.53. The fraction of sp³-hybridized carbons (Fsp3) is 0. The Kier molecular flexibility index (Phi) is 2.66. The van der Waals surface area contributed by atoms with Crippen LogP contribution in [0.25, 0.3) is 0 Å². The molecular formula is C12H11NO4. The first-order valence-electron chi connectivity index (χ1n) is 4.87. The fourth-order valence-corrected chi connectivity index (χ4v) is 1.40. The molecule has 0 fully saturated rings. The zero-order valence-electron chi connectivity index (χ0n) is 8.75. The van der Waals surface area contributed by atoms with Crippen LogP contribution in [0.2, 0.25) is 0 Å². The van der Waals surface area contributed by atoms with Crippen molar-refractivity contribution in [2.24, 2.45) is 0 Å². The number of hydrogen-bond donors (Lipinski definition) is 5. The van der Waals surface area contributed by atoms with E-state index in [1.54, 1.807) is 12.1 Å². The van der Waals surface area contributed by atoms with E-state index in [1.807, 2.05) is 0 Å². The fourth-order valence-electron chi connectivity index (χ4n) is 1.40. The van der Waals surface area contributed by atoms with Crippen molar-refractivity contribution < 1.29 is 20.4 Å². The number of rotatable bonds is 2. The van der Waals surface area contributed by atoms with Crippen LogP contribution >= 0.6 is 0 Å². The normalized spacial score (nSPS) is 10.1. The second-order valence-corrected chi connectivity index (χ2v) is 3.53. The van der Waals surface area contributed by atoms with E-state index < -0.39 is 5.75 Å². The summed E-state index contributed by atoms with van der Waals surface area (Å²) < 4.78 is 0. The molecule has 0 aromatic heterocycles. The van der Waals surface area contributed by atoms with Crippen LogP contribution < -0.4 is 5.32 Å². The first kappa shape index (κ1) is 10.9. The molecule has 2 aromatic rings. The van der Waals surface area contributed by atoms with Crippen LogP contribution in [0.1, 0.15) is 0 Å². The van der Waals surface area contributed by atoms with E-state index in [9.17, 15) is 15.3 Å². The third kappa shape index (κ3) is 2.34. The Bertz CT molecular complexity index is 537. The molecule has 0 unspecified atom stereocenters. The minimum Gasteiger partial charge on any atom is -0.508 e. The first-order valence-corrected chi connectivity index (χ1v) is 4.87. The van der Waals surface area contributed by atoms with Crippen molar-refractivity contribution in [3.63, 3.8) is 0 Å². The molecule has 5 N–H and O–H groups in total. The molecule has 0 spiro atoms. The van der Waals surface area contributed by atoms with Gasteiger partial charge in [0.05, 0.1) is 5.69 Å². The SMILES string of the molecule is Oc1ccc(Nc2cc(O)cc(O)c2O)cc1. The Labute approximate surface area is 97.2 Å². The van der Waals surface area contributed by atoms with Crippen molar-refractivity contribution in [3.8, 4) is 23.0 Å². The van der Waals surface area contributed by atoms with Gasteiger partial charge in [0.2, 0.25) is 0 Å². The van der Waals surface area contributed by atoms with E-state index in [-0.39, 0.29) is 22.9 Å². The first-order chi connectivity index (χ1) is 8.06. The van der Waals surface area contributed by atoms with Gasteiger partial charge >= 0.3 is 0 Å². The smallest absolute Gasteiger partial charge is 0.181 e. The lowest BCUT2D eigenvalue weighted by molar-refractivity contribution is 0.398. The summed E-state index contributed by atoms with van der Waals surface area (Å²) in [4.78, 5) is 0. The molecule has 5 heteroatoms. The molecule has 0 atom stereocenters. The molecule has 0 saturated carbocycles. The van der Waals surface area contributed by atoms with Gasteiger partial charge in [-0.3, -0.25) is 0 Å². The van der Waals surface area contributed by atoms with Gasteiger partial charge in [-0.2, -0.15) is 0 Å². The summed E-state index contributed by atoms with van der Waals surface area (Å²) in [5, 5.41) is 40.1. The largest absolute Gasteiger partial charge is 0.508 e. The zero-order valence-corrected chi connectivity index (χ0v) is 8.75. The molecule has 2 aromatic carbocycles. The van der Waals surface area contributed by atoms with Gasteiger partial charge in [-0.15, -0.1) is 0 Å². The van der Waals surface area contributed by atoms with Crippen molar-refractivity contribution in [1.82, 2.24) is 0 Å². The standard InChI is InChI=1S/C12H11NO4/c14-8-3-1-7(2-4-8)13-10-5-9(15)6-11(16)12(10)17/h1-6,13-17H. The lowest BCUT2D eigenvalue weighted by atomic mass is 10.2. The molecule has 0 bridgehead atoms. The van der Waals surface area contributed by atoms with Gasteiger partial charge in [0, 0.05) is 17.8 Å². The Balaban J connectivity index is 2.32. The lowest BCUT2D eigenvalue weighted by Crippen LogP contribution is -1.90. The van der Waals surface area contributed by atoms with Crippen molar-refractivity contribution in [2.75, 3.05) is 5.32 Å². The predicted molar refractivity (Wildman–Crippen MR) is 62.8 cm³/mol. The maximum absolute atomic E-state index is 9.56. The molecule has 0 amide bonds. The summed E-state index contributed by atoms with van der Waals surface area (Å²) in [7, 11) is 0. The molecule has 2 rings (SSSR count). The minimum atomic E-state index is -0.411. The lowest BCUT2D eigenvalue weighted by Gasteiger charge is -2.10. The highest BCUT2D eigenvalue weighted by atomic mass is 16.3. The van der Waals surface area contributed by atoms with Crippen molar-refractivity contribution >= 4 is 11.4 Å². The molecule has 0 radical (unpaired) electrons. The molecule has 0 saturated heterocycles. The van der Waals surface area contributed by atoms with Crippen LogP contribution in [-0.2, 0) is 0 Å². The van der Waals surface area contributed by atoms with E-state index in [1.165, 1.54) is 18.2 Å². The molecule has 0 aliphatic rings. The van der Waals surface area contributed by atoms with E-state index in [2.05, 4.69) is 5.32 Å². The van der Waals surface area contributed by atoms with Gasteiger partial charge < -0.3 is 25.7 Å². The van der Waals surface area contributed by atoms with E-state index in [0.717, 1.165) is 6.07 Å². The van der Waals surface area contributed by atoms with E-state index in [4.69, 9.17) is 5.11 Å². The summed E-state index contributed by atoms with van der Waals surface area (Å²) in [5.74, 6) is -0.803. The third-order valence-corrected chi connectivity index (χ3v) is 2.22. The van der Waals surface area contributed by atoms with Gasteiger partial charge in [0.15, 0.2) is 11.5 Å². The van der Waals surface area contributed by atoms with Crippen LogP contribution in [0.3, 0.4) is 0 Å². The predicted octanol–water partition coefficient (Wildman–Crippen LogP) is 2.25. The van der Waals surface area contributed by atoms with Crippen LogP contribution in [0.5, 0.6) is 23.0 Å². The summed E-state index contributed by atoms with van der Waals surface area (Å²) in [5.41, 5.74) is 0.774. The highest BCUT2D eigenvalue weighted by molar-refractivity contribution is 5.71. The topological polar surface area (TPSA) is 93.0 Å². The molecule has 88 valence electrons. The summed E-state index contributed by atoms with van der Waals surface area (Å²) >= 11 is 0. The van der Waals surface area contributed by atoms with Gasteiger partial charge in [0.1, 0.15) is 11.5 Å². The van der Waals surface area contributed by atoms with E-state index >= 15 is 0 Å². The number of phenols is 4. The average molecular weight is 233 g/mol.